The Labute approximate surface area is 190 Å². The molecule has 1 aliphatic heterocycles. The van der Waals surface area contributed by atoms with Gasteiger partial charge in [0.25, 0.3) is 11.5 Å². The molecule has 1 unspecified atom stereocenters. The lowest BCUT2D eigenvalue weighted by molar-refractivity contribution is -0.123. The highest BCUT2D eigenvalue weighted by Crippen LogP contribution is 2.18. The highest BCUT2D eigenvalue weighted by Gasteiger charge is 2.21. The van der Waals surface area contributed by atoms with Gasteiger partial charge in [-0.1, -0.05) is 18.9 Å². The number of hydrogen-bond donors (Lipinski definition) is 1. The summed E-state index contributed by atoms with van der Waals surface area (Å²) < 4.78 is 20.7. The van der Waals surface area contributed by atoms with Crippen LogP contribution in [0.1, 0.15) is 54.4 Å². The maximum absolute atomic E-state index is 13.7. The number of carbonyl (C=O) groups is 2. The van der Waals surface area contributed by atoms with Crippen LogP contribution < -0.4 is 10.9 Å². The molecule has 33 heavy (non-hydrogen) atoms. The number of anilines is 1. The van der Waals surface area contributed by atoms with Gasteiger partial charge in [0, 0.05) is 18.7 Å². The standard InChI is InChI=1S/C25H26FN3O4/c1-15-8-10-18(14-20(15)26)27-23(30)16(2)33-25(32)17-9-11-19-21(13-17)28-22-7-5-3-4-6-12-29(22)24(19)31/h8-11,13-14,16H,3-7,12H2,1-2H3,(H,27,30). The molecule has 1 amide bonds. The van der Waals surface area contributed by atoms with Gasteiger partial charge in [-0.3, -0.25) is 14.2 Å². The zero-order chi connectivity index (χ0) is 23.5. The van der Waals surface area contributed by atoms with Gasteiger partial charge in [0.1, 0.15) is 11.6 Å². The van der Waals surface area contributed by atoms with Crippen LogP contribution in [0.2, 0.25) is 0 Å². The monoisotopic (exact) mass is 451 g/mol. The van der Waals surface area contributed by atoms with Crippen LogP contribution in [0.5, 0.6) is 0 Å². The Morgan fingerprint density at radius 1 is 1.12 bits per heavy atom. The highest BCUT2D eigenvalue weighted by atomic mass is 19.1. The van der Waals surface area contributed by atoms with E-state index in [4.69, 9.17) is 4.74 Å². The fraction of sp³-hybridized carbons (Fsp3) is 0.360. The first-order valence-corrected chi connectivity index (χ1v) is 11.1. The summed E-state index contributed by atoms with van der Waals surface area (Å²) in [4.78, 5) is 42.6. The van der Waals surface area contributed by atoms with E-state index in [9.17, 15) is 18.8 Å². The smallest absolute Gasteiger partial charge is 0.338 e. The average molecular weight is 451 g/mol. The Bertz CT molecular complexity index is 1280. The summed E-state index contributed by atoms with van der Waals surface area (Å²) in [5.41, 5.74) is 1.27. The molecule has 0 spiro atoms. The number of aryl methyl sites for hydroxylation is 2. The number of esters is 1. The van der Waals surface area contributed by atoms with Crippen molar-refractivity contribution in [2.45, 2.75) is 58.6 Å². The van der Waals surface area contributed by atoms with Crippen molar-refractivity contribution in [2.24, 2.45) is 0 Å². The van der Waals surface area contributed by atoms with Gasteiger partial charge in [0.2, 0.25) is 0 Å². The molecule has 0 aliphatic carbocycles. The lowest BCUT2D eigenvalue weighted by Gasteiger charge is -2.17. The molecule has 0 saturated heterocycles. The van der Waals surface area contributed by atoms with Gasteiger partial charge >= 0.3 is 5.97 Å². The van der Waals surface area contributed by atoms with Crippen LogP contribution in [-0.2, 0) is 22.5 Å². The van der Waals surface area contributed by atoms with Crippen molar-refractivity contribution < 1.29 is 18.7 Å². The molecule has 0 radical (unpaired) electrons. The number of carbonyl (C=O) groups excluding carboxylic acids is 2. The van der Waals surface area contributed by atoms with Gasteiger partial charge in [-0.25, -0.2) is 14.2 Å². The van der Waals surface area contributed by atoms with Crippen LogP contribution in [0, 0.1) is 12.7 Å². The minimum absolute atomic E-state index is 0.102. The largest absolute Gasteiger partial charge is 0.449 e. The zero-order valence-electron chi connectivity index (χ0n) is 18.7. The summed E-state index contributed by atoms with van der Waals surface area (Å²) >= 11 is 0. The first-order chi connectivity index (χ1) is 15.8. The quantitative estimate of drug-likeness (QED) is 0.602. The normalized spacial score (nSPS) is 14.6. The molecule has 0 saturated carbocycles. The Morgan fingerprint density at radius 2 is 1.91 bits per heavy atom. The second-order valence-corrected chi connectivity index (χ2v) is 8.38. The predicted molar refractivity (Wildman–Crippen MR) is 123 cm³/mol. The molecule has 2 heterocycles. The van der Waals surface area contributed by atoms with Crippen LogP contribution in [0.25, 0.3) is 10.9 Å². The van der Waals surface area contributed by atoms with Crippen LogP contribution in [-0.4, -0.2) is 27.5 Å². The van der Waals surface area contributed by atoms with Crippen LogP contribution in [0.15, 0.2) is 41.2 Å². The minimum atomic E-state index is -1.10. The predicted octanol–water partition coefficient (Wildman–Crippen LogP) is 4.14. The molecule has 3 aromatic rings. The lowest BCUT2D eigenvalue weighted by Crippen LogP contribution is -2.30. The van der Waals surface area contributed by atoms with Gasteiger partial charge in [0.15, 0.2) is 6.10 Å². The fourth-order valence-electron chi connectivity index (χ4n) is 3.92. The molecule has 1 atom stereocenters. The van der Waals surface area contributed by atoms with Gasteiger partial charge in [-0.05, 0) is 62.6 Å². The number of nitrogens with one attached hydrogen (secondary N) is 1. The molecule has 0 bridgehead atoms. The van der Waals surface area contributed by atoms with E-state index in [1.54, 1.807) is 29.7 Å². The van der Waals surface area contributed by atoms with E-state index in [2.05, 4.69) is 10.3 Å². The summed E-state index contributed by atoms with van der Waals surface area (Å²) in [5.74, 6) is -0.991. The van der Waals surface area contributed by atoms with E-state index >= 15 is 0 Å². The van der Waals surface area contributed by atoms with Gasteiger partial charge in [-0.15, -0.1) is 0 Å². The zero-order valence-corrected chi connectivity index (χ0v) is 18.7. The summed E-state index contributed by atoms with van der Waals surface area (Å²) in [6.07, 6.45) is 3.73. The molecule has 1 aliphatic rings. The second-order valence-electron chi connectivity index (χ2n) is 8.38. The summed E-state index contributed by atoms with van der Waals surface area (Å²) in [7, 11) is 0. The van der Waals surface area contributed by atoms with E-state index in [-0.39, 0.29) is 16.8 Å². The molecule has 8 heteroatoms. The molecule has 172 valence electrons. The molecule has 4 rings (SSSR count). The van der Waals surface area contributed by atoms with Crippen molar-refractivity contribution in [1.29, 1.82) is 0 Å². The van der Waals surface area contributed by atoms with E-state index in [1.165, 1.54) is 25.1 Å². The maximum atomic E-state index is 13.7. The highest BCUT2D eigenvalue weighted by molar-refractivity contribution is 5.98. The number of hydrogen-bond acceptors (Lipinski definition) is 5. The first-order valence-electron chi connectivity index (χ1n) is 11.1. The topological polar surface area (TPSA) is 90.3 Å². The lowest BCUT2D eigenvalue weighted by atomic mass is 10.1. The number of ether oxygens (including phenoxy) is 1. The first kappa shape index (κ1) is 22.6. The third kappa shape index (κ3) is 4.94. The number of benzene rings is 2. The number of rotatable bonds is 4. The summed E-state index contributed by atoms with van der Waals surface area (Å²) in [6, 6.07) is 8.94. The molecule has 7 nitrogen and oxygen atoms in total. The van der Waals surface area contributed by atoms with E-state index in [1.807, 2.05) is 0 Å². The van der Waals surface area contributed by atoms with E-state index in [0.717, 1.165) is 37.9 Å². The second kappa shape index (κ2) is 9.52. The van der Waals surface area contributed by atoms with E-state index in [0.29, 0.717) is 23.0 Å². The Hall–Kier alpha value is -3.55. The Balaban J connectivity index is 1.51. The summed E-state index contributed by atoms with van der Waals surface area (Å²) in [5, 5.41) is 2.98. The van der Waals surface area contributed by atoms with Crippen molar-refractivity contribution in [3.63, 3.8) is 0 Å². The third-order valence-electron chi connectivity index (χ3n) is 5.89. The Kier molecular flexibility index (Phi) is 6.53. The van der Waals surface area contributed by atoms with Gasteiger partial charge in [-0.2, -0.15) is 0 Å². The van der Waals surface area contributed by atoms with E-state index < -0.39 is 23.8 Å². The van der Waals surface area contributed by atoms with Crippen molar-refractivity contribution in [3.05, 3.63) is 69.5 Å². The number of nitrogens with zero attached hydrogens (tertiary/aromatic N) is 2. The van der Waals surface area contributed by atoms with Crippen LogP contribution >= 0.6 is 0 Å². The van der Waals surface area contributed by atoms with Gasteiger partial charge in [0.05, 0.1) is 16.5 Å². The van der Waals surface area contributed by atoms with Crippen LogP contribution in [0.3, 0.4) is 0 Å². The SMILES string of the molecule is Cc1ccc(NC(=O)C(C)OC(=O)c2ccc3c(=O)n4c(nc3c2)CCCCCC4)cc1F. The summed E-state index contributed by atoms with van der Waals surface area (Å²) in [6.45, 7) is 3.71. The average Bonchev–Trinajstić information content (AvgIpc) is 2.77. The van der Waals surface area contributed by atoms with Crippen molar-refractivity contribution >= 4 is 28.5 Å². The molecule has 2 aromatic carbocycles. The molecular weight excluding hydrogens is 425 g/mol. The Morgan fingerprint density at radius 3 is 2.70 bits per heavy atom. The molecular formula is C25H26FN3O4. The molecule has 0 fully saturated rings. The van der Waals surface area contributed by atoms with Crippen molar-refractivity contribution in [1.82, 2.24) is 9.55 Å². The van der Waals surface area contributed by atoms with Crippen molar-refractivity contribution in [2.75, 3.05) is 5.32 Å². The fourth-order valence-corrected chi connectivity index (χ4v) is 3.92. The maximum Gasteiger partial charge on any atom is 0.338 e. The van der Waals surface area contributed by atoms with Crippen LogP contribution in [0.4, 0.5) is 10.1 Å². The third-order valence-corrected chi connectivity index (χ3v) is 5.89. The number of halogens is 1. The number of aromatic nitrogens is 2. The van der Waals surface area contributed by atoms with Crippen molar-refractivity contribution in [3.8, 4) is 0 Å². The minimum Gasteiger partial charge on any atom is -0.449 e. The van der Waals surface area contributed by atoms with Gasteiger partial charge < -0.3 is 10.1 Å². The molecule has 1 aromatic heterocycles. The molecule has 1 N–H and O–H groups in total. The number of amides is 1. The number of fused-ring (bicyclic) bond motifs is 2.